The van der Waals surface area contributed by atoms with Gasteiger partial charge in [-0.1, -0.05) is 35.4 Å². The van der Waals surface area contributed by atoms with E-state index in [1.807, 2.05) is 69.3 Å². The summed E-state index contributed by atoms with van der Waals surface area (Å²) in [6.07, 6.45) is 0. The molecule has 3 aromatic rings. The van der Waals surface area contributed by atoms with Gasteiger partial charge in [-0.3, -0.25) is 0 Å². The van der Waals surface area contributed by atoms with Gasteiger partial charge in [0.1, 0.15) is 0 Å². The van der Waals surface area contributed by atoms with Gasteiger partial charge in [0.25, 0.3) is 0 Å². The fraction of sp³-hybridized carbons (Fsp3) is 0.190. The van der Waals surface area contributed by atoms with E-state index < -0.39 is 0 Å². The number of benzene rings is 2. The van der Waals surface area contributed by atoms with E-state index in [2.05, 4.69) is 21.3 Å². The van der Waals surface area contributed by atoms with E-state index in [0.717, 1.165) is 33.9 Å². The van der Waals surface area contributed by atoms with E-state index in [1.165, 1.54) is 0 Å². The molecule has 0 fully saturated rings. The molecule has 0 unspecified atom stereocenters. The normalized spacial score (nSPS) is 10.6. The van der Waals surface area contributed by atoms with Crippen LogP contribution in [-0.4, -0.2) is 10.6 Å². The van der Waals surface area contributed by atoms with Gasteiger partial charge in [-0.25, -0.2) is 4.79 Å². The Kier molecular flexibility index (Phi) is 5.33. The maximum Gasteiger partial charge on any atom is 0.319 e. The molecular formula is C21H22ClN3O. The lowest BCUT2D eigenvalue weighted by Crippen LogP contribution is -2.28. The first-order valence-corrected chi connectivity index (χ1v) is 8.87. The summed E-state index contributed by atoms with van der Waals surface area (Å²) < 4.78 is 2.14. The second-order valence-corrected chi connectivity index (χ2v) is 6.82. The van der Waals surface area contributed by atoms with Crippen molar-refractivity contribution in [3.63, 3.8) is 0 Å². The summed E-state index contributed by atoms with van der Waals surface area (Å²) in [6, 6.07) is 17.3. The minimum atomic E-state index is -0.221. The van der Waals surface area contributed by atoms with E-state index in [0.29, 0.717) is 11.6 Å². The lowest BCUT2D eigenvalue weighted by molar-refractivity contribution is 0.251. The van der Waals surface area contributed by atoms with E-state index >= 15 is 0 Å². The van der Waals surface area contributed by atoms with E-state index in [-0.39, 0.29) is 6.03 Å². The lowest BCUT2D eigenvalue weighted by atomic mass is 10.2. The van der Waals surface area contributed by atoms with Gasteiger partial charge in [0.15, 0.2) is 0 Å². The summed E-state index contributed by atoms with van der Waals surface area (Å²) in [5, 5.41) is 6.46. The largest absolute Gasteiger partial charge is 0.334 e. The number of aromatic nitrogens is 1. The Bertz CT molecular complexity index is 929. The van der Waals surface area contributed by atoms with Gasteiger partial charge in [-0.05, 0) is 62.7 Å². The molecule has 2 amide bonds. The van der Waals surface area contributed by atoms with Gasteiger partial charge in [0, 0.05) is 34.3 Å². The number of anilines is 1. The molecule has 1 heterocycles. The number of carbonyl (C=O) groups is 1. The summed E-state index contributed by atoms with van der Waals surface area (Å²) in [5.41, 5.74) is 6.20. The second kappa shape index (κ2) is 7.67. The van der Waals surface area contributed by atoms with Crippen molar-refractivity contribution in [1.82, 2.24) is 9.88 Å². The number of carbonyl (C=O) groups excluding carboxylic acids is 1. The van der Waals surface area contributed by atoms with Crippen LogP contribution in [0.1, 0.15) is 22.5 Å². The molecule has 0 spiro atoms. The van der Waals surface area contributed by atoms with Gasteiger partial charge in [-0.15, -0.1) is 0 Å². The molecule has 0 bridgehead atoms. The van der Waals surface area contributed by atoms with E-state index in [9.17, 15) is 4.79 Å². The van der Waals surface area contributed by atoms with E-state index in [1.54, 1.807) is 0 Å². The van der Waals surface area contributed by atoms with Crippen LogP contribution in [-0.2, 0) is 6.54 Å². The number of nitrogens with zero attached hydrogens (tertiary/aromatic N) is 1. The van der Waals surface area contributed by atoms with Crippen LogP contribution in [0, 0.1) is 20.8 Å². The average Bonchev–Trinajstić information content (AvgIpc) is 2.89. The molecule has 0 aliphatic carbocycles. The minimum Gasteiger partial charge on any atom is -0.334 e. The Morgan fingerprint density at radius 2 is 1.77 bits per heavy atom. The lowest BCUT2D eigenvalue weighted by Gasteiger charge is -2.11. The number of amides is 2. The Morgan fingerprint density at radius 1 is 1.04 bits per heavy atom. The van der Waals surface area contributed by atoms with Crippen LogP contribution < -0.4 is 10.6 Å². The zero-order chi connectivity index (χ0) is 18.7. The van der Waals surface area contributed by atoms with E-state index in [4.69, 9.17) is 11.6 Å². The molecule has 0 aliphatic heterocycles. The third-order valence-electron chi connectivity index (χ3n) is 4.35. The first-order valence-electron chi connectivity index (χ1n) is 8.49. The Balaban J connectivity index is 1.70. The summed E-state index contributed by atoms with van der Waals surface area (Å²) in [5.74, 6) is 0. The van der Waals surface area contributed by atoms with Gasteiger partial charge in [0.2, 0.25) is 0 Å². The Hall–Kier alpha value is -2.72. The summed E-state index contributed by atoms with van der Waals surface area (Å²) in [7, 11) is 0. The van der Waals surface area contributed by atoms with Crippen LogP contribution in [0.2, 0.25) is 5.02 Å². The van der Waals surface area contributed by atoms with Crippen molar-refractivity contribution in [2.45, 2.75) is 27.3 Å². The molecule has 26 heavy (non-hydrogen) atoms. The highest BCUT2D eigenvalue weighted by molar-refractivity contribution is 6.30. The zero-order valence-corrected chi connectivity index (χ0v) is 15.9. The van der Waals surface area contributed by atoms with Crippen molar-refractivity contribution in [1.29, 1.82) is 0 Å². The molecule has 1 aromatic heterocycles. The quantitative estimate of drug-likeness (QED) is 0.639. The smallest absolute Gasteiger partial charge is 0.319 e. The molecule has 5 heteroatoms. The van der Waals surface area contributed by atoms with Crippen molar-refractivity contribution in [2.75, 3.05) is 5.32 Å². The molecule has 2 N–H and O–H groups in total. The van der Waals surface area contributed by atoms with Crippen LogP contribution in [0.4, 0.5) is 10.5 Å². The standard InChI is InChI=1S/C21H22ClN3O/c1-14-7-9-19(10-8-14)24-21(26)23-13-17-11-15(2)25(16(17)3)20-6-4-5-18(22)12-20/h4-12H,13H2,1-3H3,(H2,23,24,26). The average molecular weight is 368 g/mol. The van der Waals surface area contributed by atoms with Gasteiger partial charge in [-0.2, -0.15) is 0 Å². The fourth-order valence-corrected chi connectivity index (χ4v) is 3.19. The number of rotatable bonds is 4. The summed E-state index contributed by atoms with van der Waals surface area (Å²) >= 11 is 6.12. The first-order chi connectivity index (χ1) is 12.4. The number of aryl methyl sites for hydroxylation is 2. The maximum absolute atomic E-state index is 12.1. The topological polar surface area (TPSA) is 46.1 Å². The number of hydrogen-bond acceptors (Lipinski definition) is 1. The molecule has 0 saturated heterocycles. The molecule has 134 valence electrons. The van der Waals surface area contributed by atoms with Gasteiger partial charge < -0.3 is 15.2 Å². The molecule has 0 saturated carbocycles. The summed E-state index contributed by atoms with van der Waals surface area (Å²) in [6.45, 7) is 6.56. The first kappa shape index (κ1) is 18.1. The predicted molar refractivity (Wildman–Crippen MR) is 107 cm³/mol. The van der Waals surface area contributed by atoms with Crippen LogP contribution >= 0.6 is 11.6 Å². The van der Waals surface area contributed by atoms with Crippen molar-refractivity contribution < 1.29 is 4.79 Å². The van der Waals surface area contributed by atoms with Crippen molar-refractivity contribution in [3.05, 3.63) is 82.1 Å². The SMILES string of the molecule is Cc1ccc(NC(=O)NCc2cc(C)n(-c3cccc(Cl)c3)c2C)cc1. The maximum atomic E-state index is 12.1. The van der Waals surface area contributed by atoms with Crippen molar-refractivity contribution >= 4 is 23.3 Å². The zero-order valence-electron chi connectivity index (χ0n) is 15.1. The number of hydrogen-bond donors (Lipinski definition) is 2. The highest BCUT2D eigenvalue weighted by atomic mass is 35.5. The highest BCUT2D eigenvalue weighted by Crippen LogP contribution is 2.23. The van der Waals surface area contributed by atoms with Crippen LogP contribution in [0.5, 0.6) is 0 Å². The highest BCUT2D eigenvalue weighted by Gasteiger charge is 2.12. The van der Waals surface area contributed by atoms with Crippen LogP contribution in [0.15, 0.2) is 54.6 Å². The Labute approximate surface area is 158 Å². The fourth-order valence-electron chi connectivity index (χ4n) is 3.01. The summed E-state index contributed by atoms with van der Waals surface area (Å²) in [4.78, 5) is 12.1. The predicted octanol–water partition coefficient (Wildman–Crippen LogP) is 5.38. The second-order valence-electron chi connectivity index (χ2n) is 6.39. The molecule has 0 radical (unpaired) electrons. The van der Waals surface area contributed by atoms with Gasteiger partial charge in [0.05, 0.1) is 0 Å². The van der Waals surface area contributed by atoms with Gasteiger partial charge >= 0.3 is 6.03 Å². The third-order valence-corrected chi connectivity index (χ3v) is 4.59. The number of nitrogens with one attached hydrogen (secondary N) is 2. The molecule has 0 aliphatic rings. The number of urea groups is 1. The number of halogens is 1. The monoisotopic (exact) mass is 367 g/mol. The van der Waals surface area contributed by atoms with Crippen LogP contribution in [0.25, 0.3) is 5.69 Å². The van der Waals surface area contributed by atoms with Crippen LogP contribution in [0.3, 0.4) is 0 Å². The molecule has 0 atom stereocenters. The third kappa shape index (κ3) is 4.09. The molecule has 2 aromatic carbocycles. The van der Waals surface area contributed by atoms with Crippen molar-refractivity contribution in [2.24, 2.45) is 0 Å². The minimum absolute atomic E-state index is 0.221. The van der Waals surface area contributed by atoms with Crippen molar-refractivity contribution in [3.8, 4) is 5.69 Å². The molecule has 3 rings (SSSR count). The molecule has 4 nitrogen and oxygen atoms in total. The molecular weight excluding hydrogens is 346 g/mol. The Morgan fingerprint density at radius 3 is 2.46 bits per heavy atom.